The Labute approximate surface area is 126 Å². The highest BCUT2D eigenvalue weighted by atomic mass is 16.6. The first-order chi connectivity index (χ1) is 9.92. The third kappa shape index (κ3) is 5.79. The van der Waals surface area contributed by atoms with Crippen LogP contribution >= 0.6 is 0 Å². The fourth-order valence-electron chi connectivity index (χ4n) is 2.64. The van der Waals surface area contributed by atoms with Crippen LogP contribution in [-0.4, -0.2) is 23.8 Å². The van der Waals surface area contributed by atoms with Crippen LogP contribution in [0.5, 0.6) is 0 Å². The molecule has 0 aliphatic heterocycles. The van der Waals surface area contributed by atoms with E-state index in [1.807, 2.05) is 32.9 Å². The van der Waals surface area contributed by atoms with Gasteiger partial charge in [0.25, 0.3) is 0 Å². The minimum atomic E-state index is -0.449. The van der Waals surface area contributed by atoms with Gasteiger partial charge in [-0.1, -0.05) is 0 Å². The van der Waals surface area contributed by atoms with Crippen LogP contribution in [0.15, 0.2) is 22.8 Å². The van der Waals surface area contributed by atoms with E-state index in [1.54, 1.807) is 6.26 Å². The molecule has 2 rings (SSSR count). The first-order valence-electron chi connectivity index (χ1n) is 7.67. The number of rotatable bonds is 4. The van der Waals surface area contributed by atoms with E-state index in [4.69, 9.17) is 9.15 Å². The van der Waals surface area contributed by atoms with E-state index in [-0.39, 0.29) is 12.1 Å². The minimum absolute atomic E-state index is 0.183. The van der Waals surface area contributed by atoms with Gasteiger partial charge in [0.05, 0.1) is 12.8 Å². The fourth-order valence-corrected chi connectivity index (χ4v) is 2.64. The molecular formula is C16H26N2O3. The Morgan fingerprint density at radius 1 is 1.38 bits per heavy atom. The van der Waals surface area contributed by atoms with Crippen molar-refractivity contribution in [2.45, 2.75) is 70.7 Å². The van der Waals surface area contributed by atoms with Crippen molar-refractivity contribution in [3.63, 3.8) is 0 Å². The Morgan fingerprint density at radius 2 is 2.14 bits per heavy atom. The van der Waals surface area contributed by atoms with Gasteiger partial charge in [0.2, 0.25) is 0 Å². The van der Waals surface area contributed by atoms with Crippen LogP contribution in [0.1, 0.15) is 52.2 Å². The number of carbonyl (C=O) groups excluding carboxylic acids is 1. The molecule has 0 radical (unpaired) electrons. The molecule has 0 aromatic carbocycles. The molecule has 1 heterocycles. The van der Waals surface area contributed by atoms with E-state index in [2.05, 4.69) is 10.6 Å². The summed E-state index contributed by atoms with van der Waals surface area (Å²) in [5, 5.41) is 6.46. The number of amides is 1. The number of furan rings is 1. The van der Waals surface area contributed by atoms with Gasteiger partial charge >= 0.3 is 6.09 Å². The molecule has 1 fully saturated rings. The first-order valence-corrected chi connectivity index (χ1v) is 7.67. The van der Waals surface area contributed by atoms with Crippen LogP contribution in [0, 0.1) is 0 Å². The highest BCUT2D eigenvalue weighted by molar-refractivity contribution is 5.68. The summed E-state index contributed by atoms with van der Waals surface area (Å²) in [5.74, 6) is 0.942. The minimum Gasteiger partial charge on any atom is -0.468 e. The average molecular weight is 294 g/mol. The molecule has 1 saturated carbocycles. The van der Waals surface area contributed by atoms with Gasteiger partial charge in [-0.15, -0.1) is 0 Å². The van der Waals surface area contributed by atoms with Gasteiger partial charge in [-0.3, -0.25) is 0 Å². The van der Waals surface area contributed by atoms with Crippen LogP contribution in [-0.2, 0) is 11.3 Å². The summed E-state index contributed by atoms with van der Waals surface area (Å²) in [6, 6.07) is 4.45. The van der Waals surface area contributed by atoms with E-state index in [9.17, 15) is 4.79 Å². The highest BCUT2D eigenvalue weighted by Gasteiger charge is 2.25. The van der Waals surface area contributed by atoms with Gasteiger partial charge in [0, 0.05) is 12.1 Å². The van der Waals surface area contributed by atoms with Gasteiger partial charge < -0.3 is 19.8 Å². The molecule has 118 valence electrons. The Morgan fingerprint density at radius 3 is 2.81 bits per heavy atom. The zero-order valence-electron chi connectivity index (χ0n) is 13.1. The maximum absolute atomic E-state index is 11.8. The number of ether oxygens (including phenoxy) is 1. The smallest absolute Gasteiger partial charge is 0.407 e. The van der Waals surface area contributed by atoms with Gasteiger partial charge in [-0.2, -0.15) is 0 Å². The lowest BCUT2D eigenvalue weighted by atomic mass is 9.91. The maximum Gasteiger partial charge on any atom is 0.407 e. The molecule has 0 saturated heterocycles. The summed E-state index contributed by atoms with van der Waals surface area (Å²) in [5.41, 5.74) is -0.449. The third-order valence-corrected chi connectivity index (χ3v) is 3.54. The summed E-state index contributed by atoms with van der Waals surface area (Å²) >= 11 is 0. The third-order valence-electron chi connectivity index (χ3n) is 3.54. The van der Waals surface area contributed by atoms with Gasteiger partial charge in [0.1, 0.15) is 11.4 Å². The summed E-state index contributed by atoms with van der Waals surface area (Å²) in [6.45, 7) is 6.36. The lowest BCUT2D eigenvalue weighted by Crippen LogP contribution is -2.45. The molecule has 2 unspecified atom stereocenters. The lowest BCUT2D eigenvalue weighted by molar-refractivity contribution is 0.0488. The average Bonchev–Trinajstić information content (AvgIpc) is 2.87. The largest absolute Gasteiger partial charge is 0.468 e. The molecule has 0 bridgehead atoms. The molecule has 5 heteroatoms. The topological polar surface area (TPSA) is 63.5 Å². The Hall–Kier alpha value is -1.49. The molecule has 2 N–H and O–H groups in total. The van der Waals surface area contributed by atoms with Crippen molar-refractivity contribution in [1.29, 1.82) is 0 Å². The van der Waals surface area contributed by atoms with E-state index >= 15 is 0 Å². The van der Waals surface area contributed by atoms with Gasteiger partial charge in [-0.25, -0.2) is 4.79 Å². The molecule has 1 aliphatic rings. The first kappa shape index (κ1) is 15.9. The molecule has 1 aliphatic carbocycles. The number of alkyl carbamates (subject to hydrolysis) is 1. The molecular weight excluding hydrogens is 268 g/mol. The second-order valence-electron chi connectivity index (χ2n) is 6.67. The highest BCUT2D eigenvalue weighted by Crippen LogP contribution is 2.20. The zero-order valence-corrected chi connectivity index (χ0v) is 13.1. The molecule has 5 nitrogen and oxygen atoms in total. The zero-order chi connectivity index (χ0) is 15.3. The van der Waals surface area contributed by atoms with Crippen LogP contribution in [0.4, 0.5) is 4.79 Å². The predicted octanol–water partition coefficient (Wildman–Crippen LogP) is 3.21. The summed E-state index contributed by atoms with van der Waals surface area (Å²) in [7, 11) is 0. The normalized spacial score (nSPS) is 22.8. The lowest BCUT2D eigenvalue weighted by Gasteiger charge is -2.31. The van der Waals surface area contributed by atoms with Crippen molar-refractivity contribution < 1.29 is 13.9 Å². The number of nitrogens with one attached hydrogen (secondary N) is 2. The van der Waals surface area contributed by atoms with Crippen LogP contribution < -0.4 is 10.6 Å². The summed E-state index contributed by atoms with van der Waals surface area (Å²) in [4.78, 5) is 11.8. The quantitative estimate of drug-likeness (QED) is 0.895. The van der Waals surface area contributed by atoms with Gasteiger partial charge in [-0.05, 0) is 58.6 Å². The van der Waals surface area contributed by atoms with Crippen molar-refractivity contribution in [3.05, 3.63) is 24.2 Å². The Bertz CT molecular complexity index is 437. The number of hydrogen-bond donors (Lipinski definition) is 2. The molecule has 0 spiro atoms. The SMILES string of the molecule is CC(C)(C)OC(=O)NC1CCCC(NCc2ccco2)C1. The second kappa shape index (κ2) is 6.98. The number of carbonyl (C=O) groups is 1. The standard InChI is InChI=1S/C16H26N2O3/c1-16(2,3)21-15(19)18-13-7-4-6-12(10-13)17-11-14-8-5-9-20-14/h5,8-9,12-13,17H,4,6-7,10-11H2,1-3H3,(H,18,19). The Balaban J connectivity index is 1.74. The van der Waals surface area contributed by atoms with Crippen molar-refractivity contribution >= 4 is 6.09 Å². The molecule has 21 heavy (non-hydrogen) atoms. The van der Waals surface area contributed by atoms with E-state index in [1.165, 1.54) is 0 Å². The monoisotopic (exact) mass is 294 g/mol. The summed E-state index contributed by atoms with van der Waals surface area (Å²) in [6.07, 6.45) is 5.55. The van der Waals surface area contributed by atoms with E-state index < -0.39 is 5.60 Å². The van der Waals surface area contributed by atoms with Gasteiger partial charge in [0.15, 0.2) is 0 Å². The van der Waals surface area contributed by atoms with Crippen molar-refractivity contribution in [2.75, 3.05) is 0 Å². The van der Waals surface area contributed by atoms with Crippen LogP contribution in [0.3, 0.4) is 0 Å². The Kier molecular flexibility index (Phi) is 5.28. The van der Waals surface area contributed by atoms with Crippen molar-refractivity contribution in [2.24, 2.45) is 0 Å². The van der Waals surface area contributed by atoms with E-state index in [0.717, 1.165) is 38.0 Å². The predicted molar refractivity (Wildman–Crippen MR) is 81.0 cm³/mol. The molecule has 1 aromatic rings. The van der Waals surface area contributed by atoms with Crippen molar-refractivity contribution in [3.8, 4) is 0 Å². The number of hydrogen-bond acceptors (Lipinski definition) is 4. The van der Waals surface area contributed by atoms with E-state index in [0.29, 0.717) is 6.04 Å². The second-order valence-corrected chi connectivity index (χ2v) is 6.67. The molecule has 1 amide bonds. The van der Waals surface area contributed by atoms with Crippen LogP contribution in [0.25, 0.3) is 0 Å². The van der Waals surface area contributed by atoms with Crippen LogP contribution in [0.2, 0.25) is 0 Å². The molecule has 1 aromatic heterocycles. The maximum atomic E-state index is 11.8. The summed E-state index contributed by atoms with van der Waals surface area (Å²) < 4.78 is 10.6. The van der Waals surface area contributed by atoms with Crippen molar-refractivity contribution in [1.82, 2.24) is 10.6 Å². The fraction of sp³-hybridized carbons (Fsp3) is 0.688. The molecule has 2 atom stereocenters.